The van der Waals surface area contributed by atoms with Crippen molar-refractivity contribution in [1.82, 2.24) is 10.2 Å². The van der Waals surface area contributed by atoms with E-state index in [0.717, 1.165) is 41.2 Å². The third kappa shape index (κ3) is 7.87. The van der Waals surface area contributed by atoms with Crippen LogP contribution < -0.4 is 10.6 Å². The van der Waals surface area contributed by atoms with Gasteiger partial charge in [-0.15, -0.1) is 0 Å². The average Bonchev–Trinajstić information content (AvgIpc) is 2.85. The molecule has 41 heavy (non-hydrogen) atoms. The predicted molar refractivity (Wildman–Crippen MR) is 164 cm³/mol. The van der Waals surface area contributed by atoms with E-state index in [2.05, 4.69) is 10.6 Å². The Balaban J connectivity index is 1.71. The summed E-state index contributed by atoms with van der Waals surface area (Å²) in [6.07, 6.45) is 2.37. The minimum Gasteiger partial charge on any atom is -0.444 e. The van der Waals surface area contributed by atoms with Gasteiger partial charge in [0, 0.05) is 11.7 Å². The van der Waals surface area contributed by atoms with E-state index < -0.39 is 23.8 Å². The van der Waals surface area contributed by atoms with E-state index in [1.807, 2.05) is 87.5 Å². The van der Waals surface area contributed by atoms with Crippen LogP contribution in [0.3, 0.4) is 0 Å². The first-order valence-electron chi connectivity index (χ1n) is 14.6. The quantitative estimate of drug-likeness (QED) is 0.293. The summed E-state index contributed by atoms with van der Waals surface area (Å²) >= 11 is 0. The predicted octanol–water partition coefficient (Wildman–Crippen LogP) is 7.15. The smallest absolute Gasteiger partial charge is 0.408 e. The Morgan fingerprint density at radius 2 is 1.66 bits per heavy atom. The van der Waals surface area contributed by atoms with E-state index in [9.17, 15) is 14.4 Å². The number of hydrogen-bond acceptors (Lipinski definition) is 4. The highest BCUT2D eigenvalue weighted by Gasteiger charge is 2.42. The summed E-state index contributed by atoms with van der Waals surface area (Å²) in [5.41, 5.74) is 1.70. The second-order valence-electron chi connectivity index (χ2n) is 12.5. The zero-order chi connectivity index (χ0) is 29.7. The third-order valence-corrected chi connectivity index (χ3v) is 7.32. The Morgan fingerprint density at radius 3 is 2.27 bits per heavy atom. The van der Waals surface area contributed by atoms with Crippen molar-refractivity contribution in [2.75, 3.05) is 5.32 Å². The minimum absolute atomic E-state index is 0.106. The van der Waals surface area contributed by atoms with Gasteiger partial charge in [0.25, 0.3) is 5.91 Å². The topological polar surface area (TPSA) is 87.7 Å². The van der Waals surface area contributed by atoms with Gasteiger partial charge in [0.15, 0.2) is 0 Å². The lowest BCUT2D eigenvalue weighted by atomic mass is 9.87. The van der Waals surface area contributed by atoms with Crippen LogP contribution in [0.25, 0.3) is 10.8 Å². The summed E-state index contributed by atoms with van der Waals surface area (Å²) in [4.78, 5) is 43.1. The van der Waals surface area contributed by atoms with Crippen molar-refractivity contribution in [3.63, 3.8) is 0 Å². The molecule has 3 aromatic carbocycles. The van der Waals surface area contributed by atoms with Crippen molar-refractivity contribution in [1.29, 1.82) is 0 Å². The zero-order valence-corrected chi connectivity index (χ0v) is 25.1. The number of hydrogen-bond donors (Lipinski definition) is 2. The summed E-state index contributed by atoms with van der Waals surface area (Å²) < 4.78 is 5.50. The normalized spacial score (nSPS) is 15.1. The number of rotatable bonds is 9. The van der Waals surface area contributed by atoms with E-state index in [-0.39, 0.29) is 23.8 Å². The van der Waals surface area contributed by atoms with Gasteiger partial charge in [-0.3, -0.25) is 9.59 Å². The summed E-state index contributed by atoms with van der Waals surface area (Å²) in [6.45, 7) is 11.4. The fourth-order valence-corrected chi connectivity index (χ4v) is 5.26. The van der Waals surface area contributed by atoms with Crippen molar-refractivity contribution in [2.24, 2.45) is 5.92 Å². The van der Waals surface area contributed by atoms with Gasteiger partial charge in [0.05, 0.1) is 0 Å². The number of amides is 3. The van der Waals surface area contributed by atoms with Gasteiger partial charge in [-0.2, -0.15) is 0 Å². The Bertz CT molecular complexity index is 1390. The summed E-state index contributed by atoms with van der Waals surface area (Å²) in [5.74, 6) is -0.424. The second kappa shape index (κ2) is 12.8. The molecule has 3 amide bonds. The molecule has 7 nitrogen and oxygen atoms in total. The number of carbonyl (C=O) groups excluding carboxylic acids is 3. The Morgan fingerprint density at radius 1 is 0.951 bits per heavy atom. The van der Waals surface area contributed by atoms with E-state index in [1.165, 1.54) is 0 Å². The summed E-state index contributed by atoms with van der Waals surface area (Å²) in [6, 6.07) is 19.7. The van der Waals surface area contributed by atoms with E-state index in [0.29, 0.717) is 12.1 Å². The molecular formula is C34H43N3O4. The van der Waals surface area contributed by atoms with Gasteiger partial charge in [-0.05, 0) is 87.8 Å². The SMILES string of the molecule is Cc1cccc(C(C(=O)Nc2ccc3ccccc3c2)N(C(=O)C(CC(C)C)NC(=O)OC(C)(C)C)C2CCC2)c1. The van der Waals surface area contributed by atoms with E-state index >= 15 is 0 Å². The number of nitrogens with one attached hydrogen (secondary N) is 2. The van der Waals surface area contributed by atoms with Gasteiger partial charge < -0.3 is 20.3 Å². The van der Waals surface area contributed by atoms with Gasteiger partial charge in [0.2, 0.25) is 5.91 Å². The van der Waals surface area contributed by atoms with Crippen LogP contribution in [0.2, 0.25) is 0 Å². The fourth-order valence-electron chi connectivity index (χ4n) is 5.26. The molecule has 0 bridgehead atoms. The molecule has 1 aliphatic carbocycles. The summed E-state index contributed by atoms with van der Waals surface area (Å²) in [7, 11) is 0. The third-order valence-electron chi connectivity index (χ3n) is 7.32. The number of anilines is 1. The molecule has 2 atom stereocenters. The first-order chi connectivity index (χ1) is 19.4. The van der Waals surface area contributed by atoms with Crippen LogP contribution in [0.15, 0.2) is 66.7 Å². The molecule has 0 heterocycles. The molecule has 3 aromatic rings. The van der Waals surface area contributed by atoms with Gasteiger partial charge in [-0.1, -0.05) is 74.0 Å². The lowest BCUT2D eigenvalue weighted by Gasteiger charge is -2.44. The Labute approximate surface area is 243 Å². The molecule has 0 spiro atoms. The molecule has 2 unspecified atom stereocenters. The first kappa shape index (κ1) is 30.1. The van der Waals surface area contributed by atoms with E-state index in [4.69, 9.17) is 4.74 Å². The number of aryl methyl sites for hydroxylation is 1. The minimum atomic E-state index is -0.866. The number of carbonyl (C=O) groups is 3. The molecule has 1 aliphatic rings. The van der Waals surface area contributed by atoms with Gasteiger partial charge in [-0.25, -0.2) is 4.79 Å². The maximum atomic E-state index is 14.4. The summed E-state index contributed by atoms with van der Waals surface area (Å²) in [5, 5.41) is 8.02. The molecule has 218 valence electrons. The van der Waals surface area contributed by atoms with Crippen molar-refractivity contribution < 1.29 is 19.1 Å². The van der Waals surface area contributed by atoms with Crippen LogP contribution in [0, 0.1) is 12.8 Å². The standard InChI is InChI=1S/C34H43N3O4/c1-22(2)19-29(36-33(40)41-34(4,5)6)32(39)37(28-15-10-16-28)30(26-14-9-11-23(3)20-26)31(38)35-27-18-17-24-12-7-8-13-25(24)21-27/h7-9,11-14,17-18,20-22,28-30H,10,15-16,19H2,1-6H3,(H,35,38)(H,36,40). The fraction of sp³-hybridized carbons (Fsp3) is 0.441. The molecule has 7 heteroatoms. The van der Waals surface area contributed by atoms with Gasteiger partial charge >= 0.3 is 6.09 Å². The average molecular weight is 558 g/mol. The lowest BCUT2D eigenvalue weighted by molar-refractivity contribution is -0.146. The highest BCUT2D eigenvalue weighted by molar-refractivity contribution is 6.00. The molecule has 0 radical (unpaired) electrons. The van der Waals surface area contributed by atoms with Crippen molar-refractivity contribution in [2.45, 2.75) is 91.0 Å². The largest absolute Gasteiger partial charge is 0.444 e. The highest BCUT2D eigenvalue weighted by atomic mass is 16.6. The maximum absolute atomic E-state index is 14.4. The highest BCUT2D eigenvalue weighted by Crippen LogP contribution is 2.35. The first-order valence-corrected chi connectivity index (χ1v) is 14.6. The zero-order valence-electron chi connectivity index (χ0n) is 25.1. The molecule has 4 rings (SSSR count). The molecule has 0 saturated heterocycles. The Hall–Kier alpha value is -3.87. The number of benzene rings is 3. The lowest BCUT2D eigenvalue weighted by Crippen LogP contribution is -2.57. The van der Waals surface area contributed by atoms with Crippen LogP contribution in [0.4, 0.5) is 10.5 Å². The van der Waals surface area contributed by atoms with Crippen LogP contribution in [-0.2, 0) is 14.3 Å². The second-order valence-corrected chi connectivity index (χ2v) is 12.5. The number of alkyl carbamates (subject to hydrolysis) is 1. The Kier molecular flexibility index (Phi) is 9.36. The monoisotopic (exact) mass is 557 g/mol. The van der Waals surface area contributed by atoms with Crippen molar-refractivity contribution in [3.05, 3.63) is 77.9 Å². The molecule has 0 aromatic heterocycles. The maximum Gasteiger partial charge on any atom is 0.408 e. The van der Waals surface area contributed by atoms with Crippen molar-refractivity contribution in [3.8, 4) is 0 Å². The van der Waals surface area contributed by atoms with Gasteiger partial charge in [0.1, 0.15) is 17.7 Å². The van der Waals surface area contributed by atoms with Crippen LogP contribution in [-0.4, -0.2) is 40.5 Å². The van der Waals surface area contributed by atoms with E-state index in [1.54, 1.807) is 25.7 Å². The molecular weight excluding hydrogens is 514 g/mol. The van der Waals surface area contributed by atoms with Crippen LogP contribution >= 0.6 is 0 Å². The van der Waals surface area contributed by atoms with Crippen LogP contribution in [0.1, 0.15) is 77.5 Å². The van der Waals surface area contributed by atoms with Crippen LogP contribution in [0.5, 0.6) is 0 Å². The molecule has 0 aliphatic heterocycles. The molecule has 1 saturated carbocycles. The molecule has 1 fully saturated rings. The van der Waals surface area contributed by atoms with Crippen molar-refractivity contribution >= 4 is 34.4 Å². The number of ether oxygens (including phenoxy) is 1. The number of fused-ring (bicyclic) bond motifs is 1. The molecule has 2 N–H and O–H groups in total. The number of nitrogens with zero attached hydrogens (tertiary/aromatic N) is 1.